The summed E-state index contributed by atoms with van der Waals surface area (Å²) < 4.78 is 5.15. The van der Waals surface area contributed by atoms with Crippen LogP contribution < -0.4 is 5.73 Å². The SMILES string of the molecule is NC(=O)[C@H]1CCCCN1C(=O)COC(=O)c1ccc2c(c1)CCC2. The maximum absolute atomic E-state index is 12.3. The minimum Gasteiger partial charge on any atom is -0.452 e. The van der Waals surface area contributed by atoms with E-state index in [2.05, 4.69) is 0 Å². The van der Waals surface area contributed by atoms with E-state index in [1.807, 2.05) is 12.1 Å². The van der Waals surface area contributed by atoms with Gasteiger partial charge in [0, 0.05) is 6.54 Å². The number of ether oxygens (including phenoxy) is 1. The van der Waals surface area contributed by atoms with Gasteiger partial charge in [0.2, 0.25) is 5.91 Å². The molecule has 0 spiro atoms. The summed E-state index contributed by atoms with van der Waals surface area (Å²) in [5, 5.41) is 0. The summed E-state index contributed by atoms with van der Waals surface area (Å²) >= 11 is 0. The van der Waals surface area contributed by atoms with Gasteiger partial charge in [-0.3, -0.25) is 9.59 Å². The minimum atomic E-state index is -0.593. The van der Waals surface area contributed by atoms with Crippen molar-refractivity contribution in [2.45, 2.75) is 44.6 Å². The molecule has 128 valence electrons. The number of fused-ring (bicyclic) bond motifs is 1. The van der Waals surface area contributed by atoms with E-state index in [9.17, 15) is 14.4 Å². The molecule has 1 aliphatic carbocycles. The second-order valence-corrected chi connectivity index (χ2v) is 6.41. The van der Waals surface area contributed by atoms with Crippen LogP contribution in [0.25, 0.3) is 0 Å². The highest BCUT2D eigenvalue weighted by Gasteiger charge is 2.31. The number of nitrogens with two attached hydrogens (primary N) is 1. The molecule has 6 heteroatoms. The van der Waals surface area contributed by atoms with Crippen LogP contribution in [0.5, 0.6) is 0 Å². The largest absolute Gasteiger partial charge is 0.452 e. The van der Waals surface area contributed by atoms with E-state index >= 15 is 0 Å². The lowest BCUT2D eigenvalue weighted by Crippen LogP contribution is -2.51. The molecule has 1 saturated heterocycles. The first-order valence-corrected chi connectivity index (χ1v) is 8.44. The maximum Gasteiger partial charge on any atom is 0.338 e. The number of hydrogen-bond donors (Lipinski definition) is 1. The number of esters is 1. The van der Waals surface area contributed by atoms with Crippen molar-refractivity contribution in [3.05, 3.63) is 34.9 Å². The first-order chi connectivity index (χ1) is 11.6. The number of rotatable bonds is 4. The van der Waals surface area contributed by atoms with Crippen molar-refractivity contribution in [3.63, 3.8) is 0 Å². The van der Waals surface area contributed by atoms with Gasteiger partial charge in [0.15, 0.2) is 6.61 Å². The summed E-state index contributed by atoms with van der Waals surface area (Å²) in [6, 6.07) is 4.95. The molecule has 0 radical (unpaired) electrons. The Morgan fingerprint density at radius 1 is 1.12 bits per heavy atom. The van der Waals surface area contributed by atoms with Gasteiger partial charge in [-0.15, -0.1) is 0 Å². The topological polar surface area (TPSA) is 89.7 Å². The third-order valence-electron chi connectivity index (χ3n) is 4.81. The Bertz CT molecular complexity index is 671. The molecule has 0 aromatic heterocycles. The number of aryl methyl sites for hydroxylation is 2. The molecule has 2 aliphatic rings. The van der Waals surface area contributed by atoms with Gasteiger partial charge in [0.05, 0.1) is 5.56 Å². The second-order valence-electron chi connectivity index (χ2n) is 6.41. The summed E-state index contributed by atoms with van der Waals surface area (Å²) in [6.45, 7) is 0.114. The molecule has 0 unspecified atom stereocenters. The van der Waals surface area contributed by atoms with Crippen LogP contribution in [0.4, 0.5) is 0 Å². The zero-order chi connectivity index (χ0) is 17.1. The fraction of sp³-hybridized carbons (Fsp3) is 0.500. The highest BCUT2D eigenvalue weighted by atomic mass is 16.5. The number of nitrogens with zero attached hydrogens (tertiary/aromatic N) is 1. The summed E-state index contributed by atoms with van der Waals surface area (Å²) in [5.74, 6) is -1.38. The normalized spacial score (nSPS) is 19.7. The van der Waals surface area contributed by atoms with E-state index in [4.69, 9.17) is 10.5 Å². The van der Waals surface area contributed by atoms with Crippen LogP contribution in [0.2, 0.25) is 0 Å². The Hall–Kier alpha value is -2.37. The number of benzene rings is 1. The molecule has 2 N–H and O–H groups in total. The fourth-order valence-corrected chi connectivity index (χ4v) is 3.52. The van der Waals surface area contributed by atoms with E-state index in [1.165, 1.54) is 16.0 Å². The molecule has 1 fully saturated rings. The molecular weight excluding hydrogens is 308 g/mol. The summed E-state index contributed by atoms with van der Waals surface area (Å²) in [5.41, 5.74) is 8.28. The van der Waals surface area contributed by atoms with Gasteiger partial charge in [-0.25, -0.2) is 4.79 Å². The van der Waals surface area contributed by atoms with Crippen LogP contribution in [-0.4, -0.2) is 41.9 Å². The zero-order valence-corrected chi connectivity index (χ0v) is 13.6. The van der Waals surface area contributed by atoms with Gasteiger partial charge in [-0.05, 0) is 61.8 Å². The molecule has 1 aliphatic heterocycles. The van der Waals surface area contributed by atoms with Crippen molar-refractivity contribution < 1.29 is 19.1 Å². The van der Waals surface area contributed by atoms with Crippen LogP contribution in [0.1, 0.15) is 47.2 Å². The Morgan fingerprint density at radius 3 is 2.71 bits per heavy atom. The van der Waals surface area contributed by atoms with Crippen LogP contribution in [0, 0.1) is 0 Å². The Kier molecular flexibility index (Phi) is 4.83. The average Bonchev–Trinajstić information content (AvgIpc) is 3.06. The van der Waals surface area contributed by atoms with E-state index in [0.717, 1.165) is 32.1 Å². The van der Waals surface area contributed by atoms with Crippen molar-refractivity contribution >= 4 is 17.8 Å². The van der Waals surface area contributed by atoms with Gasteiger partial charge in [0.1, 0.15) is 6.04 Å². The van der Waals surface area contributed by atoms with Crippen LogP contribution >= 0.6 is 0 Å². The lowest BCUT2D eigenvalue weighted by Gasteiger charge is -2.33. The van der Waals surface area contributed by atoms with Crippen LogP contribution in [0.3, 0.4) is 0 Å². The summed E-state index contributed by atoms with van der Waals surface area (Å²) in [4.78, 5) is 37.3. The number of likely N-dealkylation sites (tertiary alicyclic amines) is 1. The van der Waals surface area contributed by atoms with Crippen molar-refractivity contribution in [2.24, 2.45) is 5.73 Å². The molecular formula is C18H22N2O4. The monoisotopic (exact) mass is 330 g/mol. The van der Waals surface area contributed by atoms with Gasteiger partial charge < -0.3 is 15.4 Å². The summed E-state index contributed by atoms with van der Waals surface area (Å²) in [7, 11) is 0. The number of piperidine rings is 1. The zero-order valence-electron chi connectivity index (χ0n) is 13.6. The predicted octanol–water partition coefficient (Wildman–Crippen LogP) is 1.20. The Morgan fingerprint density at radius 2 is 1.92 bits per heavy atom. The third kappa shape index (κ3) is 3.42. The minimum absolute atomic E-state index is 0.361. The molecule has 0 bridgehead atoms. The smallest absolute Gasteiger partial charge is 0.338 e. The van der Waals surface area contributed by atoms with E-state index in [0.29, 0.717) is 18.5 Å². The van der Waals surface area contributed by atoms with Crippen molar-refractivity contribution in [1.29, 1.82) is 0 Å². The number of primary amides is 1. The molecule has 3 rings (SSSR count). The Balaban J connectivity index is 1.59. The predicted molar refractivity (Wildman–Crippen MR) is 87.3 cm³/mol. The average molecular weight is 330 g/mol. The molecule has 1 atom stereocenters. The molecule has 1 heterocycles. The van der Waals surface area contributed by atoms with Crippen LogP contribution in [-0.2, 0) is 27.2 Å². The van der Waals surface area contributed by atoms with E-state index < -0.39 is 17.9 Å². The highest BCUT2D eigenvalue weighted by Crippen LogP contribution is 2.23. The lowest BCUT2D eigenvalue weighted by molar-refractivity contribution is -0.143. The van der Waals surface area contributed by atoms with Crippen molar-refractivity contribution in [1.82, 2.24) is 4.90 Å². The van der Waals surface area contributed by atoms with E-state index in [-0.39, 0.29) is 12.5 Å². The second kappa shape index (κ2) is 7.03. The van der Waals surface area contributed by atoms with Gasteiger partial charge in [0.25, 0.3) is 5.91 Å². The number of hydrogen-bond acceptors (Lipinski definition) is 4. The standard InChI is InChI=1S/C18H22N2O4/c19-17(22)15-6-1-2-9-20(15)16(21)11-24-18(23)14-8-7-12-4-3-5-13(12)10-14/h7-8,10,15H,1-6,9,11H2,(H2,19,22)/t15-/m1/s1. The van der Waals surface area contributed by atoms with Crippen molar-refractivity contribution in [2.75, 3.05) is 13.2 Å². The third-order valence-corrected chi connectivity index (χ3v) is 4.81. The number of amides is 2. The summed E-state index contributed by atoms with van der Waals surface area (Å²) in [6.07, 6.45) is 5.40. The number of carbonyl (C=O) groups excluding carboxylic acids is 3. The van der Waals surface area contributed by atoms with E-state index in [1.54, 1.807) is 6.07 Å². The quantitative estimate of drug-likeness (QED) is 0.840. The first-order valence-electron chi connectivity index (χ1n) is 8.44. The maximum atomic E-state index is 12.3. The Labute approximate surface area is 140 Å². The number of carbonyl (C=O) groups is 3. The molecule has 24 heavy (non-hydrogen) atoms. The molecule has 1 aromatic rings. The van der Waals surface area contributed by atoms with Gasteiger partial charge in [-0.2, -0.15) is 0 Å². The molecule has 1 aromatic carbocycles. The first kappa shape index (κ1) is 16.5. The molecule has 2 amide bonds. The van der Waals surface area contributed by atoms with Gasteiger partial charge >= 0.3 is 5.97 Å². The lowest BCUT2D eigenvalue weighted by atomic mass is 10.0. The van der Waals surface area contributed by atoms with Crippen molar-refractivity contribution in [3.8, 4) is 0 Å². The van der Waals surface area contributed by atoms with Crippen LogP contribution in [0.15, 0.2) is 18.2 Å². The fourth-order valence-electron chi connectivity index (χ4n) is 3.52. The highest BCUT2D eigenvalue weighted by molar-refractivity contribution is 5.92. The van der Waals surface area contributed by atoms with Gasteiger partial charge in [-0.1, -0.05) is 6.07 Å². The molecule has 0 saturated carbocycles. The molecule has 6 nitrogen and oxygen atoms in total.